The van der Waals surface area contributed by atoms with Crippen molar-refractivity contribution in [3.63, 3.8) is 0 Å². The van der Waals surface area contributed by atoms with Gasteiger partial charge in [0.2, 0.25) is 0 Å². The zero-order valence-corrected chi connectivity index (χ0v) is 15.0. The van der Waals surface area contributed by atoms with Gasteiger partial charge in [-0.15, -0.1) is 0 Å². The van der Waals surface area contributed by atoms with Crippen molar-refractivity contribution < 1.29 is 18.3 Å². The van der Waals surface area contributed by atoms with Gasteiger partial charge in [-0.1, -0.05) is 11.6 Å². The fourth-order valence-corrected chi connectivity index (χ4v) is 3.36. The molecular weight excluding hydrogens is 394 g/mol. The molecule has 3 heterocycles. The summed E-state index contributed by atoms with van der Waals surface area (Å²) >= 11 is 6.04. The number of pyridine rings is 1. The highest BCUT2D eigenvalue weighted by molar-refractivity contribution is 6.30. The van der Waals surface area contributed by atoms with Crippen LogP contribution >= 0.6 is 11.6 Å². The van der Waals surface area contributed by atoms with Crippen molar-refractivity contribution in [3.05, 3.63) is 52.9 Å². The number of rotatable bonds is 5. The fourth-order valence-electron chi connectivity index (χ4n) is 3.18. The first-order chi connectivity index (χ1) is 13.5. The molecule has 1 fully saturated rings. The molecule has 0 aliphatic carbocycles. The minimum absolute atomic E-state index is 0.0165. The van der Waals surface area contributed by atoms with Gasteiger partial charge in [-0.2, -0.15) is 13.9 Å². The molecule has 0 saturated carbocycles. The normalized spacial score (nSPS) is 19.3. The Morgan fingerprint density at radius 1 is 1.32 bits per heavy atom. The average Bonchev–Trinajstić information content (AvgIpc) is 3.31. The number of hydrogen-bond donors (Lipinski definition) is 4. The Kier molecular flexibility index (Phi) is 5.07. The molecule has 1 aromatic carbocycles. The van der Waals surface area contributed by atoms with Crippen molar-refractivity contribution in [2.75, 3.05) is 6.54 Å². The van der Waals surface area contributed by atoms with Crippen molar-refractivity contribution in [2.45, 2.75) is 18.7 Å². The summed E-state index contributed by atoms with van der Waals surface area (Å²) in [6.45, 7) is -2.62. The van der Waals surface area contributed by atoms with Gasteiger partial charge in [-0.25, -0.2) is 5.43 Å². The second-order valence-electron chi connectivity index (χ2n) is 6.16. The van der Waals surface area contributed by atoms with Crippen molar-refractivity contribution >= 4 is 28.4 Å². The standard InChI is InChI=1S/C17H15ClF2N6O2/c18-9-1-2-13(28-17(19)20)10(3-9)15-12(7-23-26-15)24-16(27)11-6-21-4-8-5-22-25-14(8)11/h1-6,12,15,17,23,26H,7H2,(H,22,25)(H,24,27). The third-order valence-electron chi connectivity index (χ3n) is 4.42. The number of nitrogens with zero attached hydrogens (tertiary/aromatic N) is 2. The average molecular weight is 409 g/mol. The summed E-state index contributed by atoms with van der Waals surface area (Å²) in [5.74, 6) is -0.390. The van der Waals surface area contributed by atoms with Gasteiger partial charge in [0.15, 0.2) is 0 Å². The molecule has 0 radical (unpaired) electrons. The number of amides is 1. The lowest BCUT2D eigenvalue weighted by Gasteiger charge is -2.22. The van der Waals surface area contributed by atoms with Crippen molar-refractivity contribution in [2.24, 2.45) is 0 Å². The highest BCUT2D eigenvalue weighted by Crippen LogP contribution is 2.32. The van der Waals surface area contributed by atoms with E-state index < -0.39 is 18.7 Å². The monoisotopic (exact) mass is 408 g/mol. The molecule has 2 aromatic heterocycles. The minimum Gasteiger partial charge on any atom is -0.434 e. The van der Waals surface area contributed by atoms with E-state index in [0.29, 0.717) is 33.6 Å². The van der Waals surface area contributed by atoms with Crippen molar-refractivity contribution in [3.8, 4) is 5.75 Å². The molecule has 2 atom stereocenters. The van der Waals surface area contributed by atoms with Gasteiger partial charge in [0.1, 0.15) is 5.75 Å². The highest BCUT2D eigenvalue weighted by Gasteiger charge is 2.33. The molecule has 1 saturated heterocycles. The largest absolute Gasteiger partial charge is 0.434 e. The number of benzene rings is 1. The maximum absolute atomic E-state index is 12.8. The summed E-state index contributed by atoms with van der Waals surface area (Å²) in [6.07, 6.45) is 4.60. The van der Waals surface area contributed by atoms with E-state index in [1.165, 1.54) is 24.4 Å². The number of aromatic nitrogens is 3. The Morgan fingerprint density at radius 2 is 2.18 bits per heavy atom. The number of hydrogen-bond acceptors (Lipinski definition) is 6. The number of fused-ring (bicyclic) bond motifs is 1. The van der Waals surface area contributed by atoms with E-state index in [9.17, 15) is 13.6 Å². The SMILES string of the molecule is O=C(NC1CNNC1c1cc(Cl)ccc1OC(F)F)c1cncc2cn[nH]c12. The van der Waals surface area contributed by atoms with Crippen LogP contribution in [0.15, 0.2) is 36.8 Å². The number of nitrogens with one attached hydrogen (secondary N) is 4. The minimum atomic E-state index is -2.98. The van der Waals surface area contributed by atoms with E-state index in [1.807, 2.05) is 0 Å². The van der Waals surface area contributed by atoms with Crippen molar-refractivity contribution in [1.29, 1.82) is 0 Å². The smallest absolute Gasteiger partial charge is 0.387 e. The first-order valence-electron chi connectivity index (χ1n) is 8.33. The lowest BCUT2D eigenvalue weighted by molar-refractivity contribution is -0.0507. The van der Waals surface area contributed by atoms with Crippen LogP contribution in [0.4, 0.5) is 8.78 Å². The van der Waals surface area contributed by atoms with Crippen LogP contribution < -0.4 is 20.9 Å². The maximum Gasteiger partial charge on any atom is 0.387 e. The van der Waals surface area contributed by atoms with Crippen LogP contribution in [0.1, 0.15) is 22.0 Å². The van der Waals surface area contributed by atoms with Gasteiger partial charge >= 0.3 is 6.61 Å². The number of carbonyl (C=O) groups is 1. The Bertz CT molecular complexity index is 1010. The molecule has 8 nitrogen and oxygen atoms in total. The number of hydrazine groups is 1. The summed E-state index contributed by atoms with van der Waals surface area (Å²) in [6, 6.07) is 3.37. The molecule has 3 aromatic rings. The number of ether oxygens (including phenoxy) is 1. The van der Waals surface area contributed by atoms with Gasteiger partial charge in [0.05, 0.1) is 29.4 Å². The summed E-state index contributed by atoms with van der Waals surface area (Å²) in [4.78, 5) is 16.8. The Labute approximate surface area is 162 Å². The van der Waals surface area contributed by atoms with Crippen molar-refractivity contribution in [1.82, 2.24) is 31.3 Å². The van der Waals surface area contributed by atoms with E-state index in [2.05, 4.69) is 36.1 Å². The van der Waals surface area contributed by atoms with Crippen LogP contribution in [0.2, 0.25) is 5.02 Å². The fraction of sp³-hybridized carbons (Fsp3) is 0.235. The predicted octanol–water partition coefficient (Wildman–Crippen LogP) is 2.16. The van der Waals surface area contributed by atoms with E-state index in [1.54, 1.807) is 12.4 Å². The number of aromatic amines is 1. The Morgan fingerprint density at radius 3 is 3.00 bits per heavy atom. The Balaban J connectivity index is 1.60. The highest BCUT2D eigenvalue weighted by atomic mass is 35.5. The first-order valence-corrected chi connectivity index (χ1v) is 8.71. The van der Waals surface area contributed by atoms with Gasteiger partial charge in [0, 0.05) is 34.9 Å². The molecule has 11 heteroatoms. The number of carbonyl (C=O) groups excluding carboxylic acids is 1. The van der Waals surface area contributed by atoms with Crippen LogP contribution in [-0.2, 0) is 0 Å². The van der Waals surface area contributed by atoms with Gasteiger partial charge < -0.3 is 10.1 Å². The molecule has 146 valence electrons. The van der Waals surface area contributed by atoms with E-state index in [-0.39, 0.29) is 11.7 Å². The topological polar surface area (TPSA) is 104 Å². The second kappa shape index (κ2) is 7.66. The van der Waals surface area contributed by atoms with Crippen LogP contribution in [0.5, 0.6) is 5.75 Å². The number of H-pyrrole nitrogens is 1. The summed E-state index contributed by atoms with van der Waals surface area (Å²) < 4.78 is 30.1. The molecule has 1 aliphatic rings. The van der Waals surface area contributed by atoms with Crippen LogP contribution in [0.3, 0.4) is 0 Å². The zero-order valence-electron chi connectivity index (χ0n) is 14.2. The molecular formula is C17H15ClF2N6O2. The molecule has 1 amide bonds. The molecule has 0 spiro atoms. The summed E-state index contributed by atoms with van der Waals surface area (Å²) in [5.41, 5.74) is 7.19. The molecule has 0 bridgehead atoms. The van der Waals surface area contributed by atoms with E-state index in [0.717, 1.165) is 0 Å². The molecule has 28 heavy (non-hydrogen) atoms. The maximum atomic E-state index is 12.8. The third kappa shape index (κ3) is 3.61. The molecule has 4 rings (SSSR count). The first kappa shape index (κ1) is 18.5. The van der Waals surface area contributed by atoms with Crippen LogP contribution in [0, 0.1) is 0 Å². The second-order valence-corrected chi connectivity index (χ2v) is 6.60. The lowest BCUT2D eigenvalue weighted by atomic mass is 9.99. The van der Waals surface area contributed by atoms with Gasteiger partial charge in [-0.05, 0) is 18.2 Å². The zero-order chi connectivity index (χ0) is 19.7. The lowest BCUT2D eigenvalue weighted by Crippen LogP contribution is -2.40. The van der Waals surface area contributed by atoms with Crippen LogP contribution in [-0.4, -0.2) is 40.3 Å². The van der Waals surface area contributed by atoms with E-state index in [4.69, 9.17) is 11.6 Å². The van der Waals surface area contributed by atoms with Crippen LogP contribution in [0.25, 0.3) is 10.9 Å². The molecule has 4 N–H and O–H groups in total. The summed E-state index contributed by atoms with van der Waals surface area (Å²) in [5, 5.41) is 10.6. The number of halogens is 3. The molecule has 2 unspecified atom stereocenters. The predicted molar refractivity (Wildman–Crippen MR) is 97.1 cm³/mol. The third-order valence-corrected chi connectivity index (χ3v) is 4.66. The van der Waals surface area contributed by atoms with E-state index >= 15 is 0 Å². The summed E-state index contributed by atoms with van der Waals surface area (Å²) in [7, 11) is 0. The Hall–Kier alpha value is -2.82. The quantitative estimate of drug-likeness (QED) is 0.516. The van der Waals surface area contributed by atoms with Gasteiger partial charge in [-0.3, -0.25) is 20.3 Å². The van der Waals surface area contributed by atoms with Gasteiger partial charge in [0.25, 0.3) is 5.91 Å². The number of alkyl halides is 2. The molecule has 1 aliphatic heterocycles.